The molecule has 0 aliphatic carbocycles. The number of thiophene rings is 1. The summed E-state index contributed by atoms with van der Waals surface area (Å²) in [6, 6.07) is 10.7. The average molecular weight is 324 g/mol. The van der Waals surface area contributed by atoms with E-state index in [0.29, 0.717) is 13.1 Å². The zero-order chi connectivity index (χ0) is 14.9. The summed E-state index contributed by atoms with van der Waals surface area (Å²) in [6.45, 7) is 5.47. The molecular formula is C15H20N2O2S2. The monoisotopic (exact) mass is 324 g/mol. The van der Waals surface area contributed by atoms with Crippen LogP contribution in [0.15, 0.2) is 30.3 Å². The number of sulfonamides is 1. The molecule has 6 heteroatoms. The van der Waals surface area contributed by atoms with Crippen molar-refractivity contribution in [2.75, 3.05) is 31.9 Å². The number of fused-ring (bicyclic) bond motifs is 1. The molecule has 3 rings (SSSR count). The highest BCUT2D eigenvalue weighted by atomic mass is 32.2. The molecule has 0 saturated carbocycles. The molecule has 0 spiro atoms. The maximum atomic E-state index is 11.8. The van der Waals surface area contributed by atoms with Crippen LogP contribution >= 0.6 is 11.3 Å². The Morgan fingerprint density at radius 3 is 2.52 bits per heavy atom. The molecule has 0 radical (unpaired) electrons. The van der Waals surface area contributed by atoms with Gasteiger partial charge in [0, 0.05) is 42.3 Å². The van der Waals surface area contributed by atoms with Crippen LogP contribution < -0.4 is 0 Å². The van der Waals surface area contributed by atoms with E-state index < -0.39 is 10.0 Å². The Hall–Kier alpha value is -0.950. The molecule has 0 bridgehead atoms. The molecule has 0 amide bonds. The number of benzene rings is 1. The van der Waals surface area contributed by atoms with Crippen molar-refractivity contribution in [2.45, 2.75) is 13.5 Å². The maximum absolute atomic E-state index is 11.8. The number of rotatable bonds is 4. The molecule has 0 atom stereocenters. The summed E-state index contributed by atoms with van der Waals surface area (Å²) in [5, 5.41) is 1.30. The van der Waals surface area contributed by atoms with Gasteiger partial charge >= 0.3 is 0 Å². The van der Waals surface area contributed by atoms with Crippen LogP contribution in [0, 0.1) is 0 Å². The van der Waals surface area contributed by atoms with E-state index in [1.165, 1.54) is 15.0 Å². The minimum atomic E-state index is -3.03. The van der Waals surface area contributed by atoms with Crippen LogP contribution in [0.1, 0.15) is 11.8 Å². The highest BCUT2D eigenvalue weighted by molar-refractivity contribution is 7.89. The first-order valence-corrected chi connectivity index (χ1v) is 9.68. The van der Waals surface area contributed by atoms with Gasteiger partial charge in [-0.2, -0.15) is 4.31 Å². The van der Waals surface area contributed by atoms with Gasteiger partial charge in [-0.25, -0.2) is 8.42 Å². The summed E-state index contributed by atoms with van der Waals surface area (Å²) in [6.07, 6.45) is 0. The van der Waals surface area contributed by atoms with Gasteiger partial charge in [0.15, 0.2) is 0 Å². The summed E-state index contributed by atoms with van der Waals surface area (Å²) in [4.78, 5) is 3.69. The van der Waals surface area contributed by atoms with Gasteiger partial charge in [0.25, 0.3) is 0 Å². The fraction of sp³-hybridized carbons (Fsp3) is 0.467. The summed E-state index contributed by atoms with van der Waals surface area (Å²) in [7, 11) is -3.03. The van der Waals surface area contributed by atoms with Gasteiger partial charge < -0.3 is 0 Å². The normalized spacial score (nSPS) is 18.3. The summed E-state index contributed by atoms with van der Waals surface area (Å²) >= 11 is 1.83. The van der Waals surface area contributed by atoms with E-state index in [1.54, 1.807) is 11.2 Å². The summed E-state index contributed by atoms with van der Waals surface area (Å²) in [5.74, 6) is 0.198. The van der Waals surface area contributed by atoms with Crippen molar-refractivity contribution < 1.29 is 8.42 Å². The molecule has 1 aliphatic heterocycles. The van der Waals surface area contributed by atoms with E-state index in [4.69, 9.17) is 0 Å². The molecule has 21 heavy (non-hydrogen) atoms. The molecular weight excluding hydrogens is 304 g/mol. The molecule has 1 fully saturated rings. The molecule has 1 aliphatic rings. The van der Waals surface area contributed by atoms with Gasteiger partial charge in [-0.15, -0.1) is 11.3 Å². The van der Waals surface area contributed by atoms with Crippen molar-refractivity contribution in [1.29, 1.82) is 0 Å². The topological polar surface area (TPSA) is 40.6 Å². The fourth-order valence-electron chi connectivity index (χ4n) is 2.68. The molecule has 2 heterocycles. The van der Waals surface area contributed by atoms with Gasteiger partial charge in [0.2, 0.25) is 10.0 Å². The van der Waals surface area contributed by atoms with Gasteiger partial charge in [0.1, 0.15) is 0 Å². The van der Waals surface area contributed by atoms with E-state index in [-0.39, 0.29) is 5.75 Å². The number of hydrogen-bond acceptors (Lipinski definition) is 4. The zero-order valence-electron chi connectivity index (χ0n) is 12.2. The van der Waals surface area contributed by atoms with Gasteiger partial charge in [-0.3, -0.25) is 4.90 Å². The van der Waals surface area contributed by atoms with Crippen molar-refractivity contribution in [3.05, 3.63) is 35.2 Å². The molecule has 1 aromatic carbocycles. The smallest absolute Gasteiger partial charge is 0.213 e. The number of hydrogen-bond donors (Lipinski definition) is 0. The lowest BCUT2D eigenvalue weighted by Gasteiger charge is -2.33. The van der Waals surface area contributed by atoms with Crippen LogP contribution in [0.25, 0.3) is 10.1 Å². The van der Waals surface area contributed by atoms with Crippen molar-refractivity contribution >= 4 is 31.4 Å². The fourth-order valence-corrected chi connectivity index (χ4v) is 4.88. The summed E-state index contributed by atoms with van der Waals surface area (Å²) < 4.78 is 26.6. The third-order valence-electron chi connectivity index (χ3n) is 3.95. The lowest BCUT2D eigenvalue weighted by atomic mass is 10.2. The Bertz CT molecular complexity index is 683. The Kier molecular flexibility index (Phi) is 4.31. The molecule has 0 N–H and O–H groups in total. The standard InChI is InChI=1S/C15H20N2O2S2/c1-2-21(18,19)17-9-7-16(8-10-17)12-14-11-13-5-3-4-6-15(13)20-14/h3-6,11H,2,7-10,12H2,1H3. The van der Waals surface area contributed by atoms with Crippen LogP contribution in [0.2, 0.25) is 0 Å². The second-order valence-corrected chi connectivity index (χ2v) is 8.75. The van der Waals surface area contributed by atoms with Gasteiger partial charge in [0.05, 0.1) is 5.75 Å². The largest absolute Gasteiger partial charge is 0.296 e. The van der Waals surface area contributed by atoms with E-state index in [1.807, 2.05) is 11.3 Å². The Labute approximate surface area is 130 Å². The molecule has 114 valence electrons. The Balaban J connectivity index is 1.63. The van der Waals surface area contributed by atoms with E-state index >= 15 is 0 Å². The highest BCUT2D eigenvalue weighted by Gasteiger charge is 2.25. The number of nitrogens with zero attached hydrogens (tertiary/aromatic N) is 2. The number of piperazine rings is 1. The van der Waals surface area contributed by atoms with Crippen LogP contribution in [-0.2, 0) is 16.6 Å². The minimum absolute atomic E-state index is 0.198. The quantitative estimate of drug-likeness (QED) is 0.867. The third kappa shape index (κ3) is 3.29. The SMILES string of the molecule is CCS(=O)(=O)N1CCN(Cc2cc3ccccc3s2)CC1. The van der Waals surface area contributed by atoms with E-state index in [9.17, 15) is 8.42 Å². The average Bonchev–Trinajstić information content (AvgIpc) is 2.90. The Morgan fingerprint density at radius 1 is 1.14 bits per heavy atom. The third-order valence-corrected chi connectivity index (χ3v) is 6.93. The van der Waals surface area contributed by atoms with Gasteiger partial charge in [-0.1, -0.05) is 18.2 Å². The van der Waals surface area contributed by atoms with E-state index in [2.05, 4.69) is 35.2 Å². The molecule has 1 aromatic heterocycles. The predicted octanol–water partition coefficient (Wildman–Crippen LogP) is 2.37. The first kappa shape index (κ1) is 15.0. The molecule has 4 nitrogen and oxygen atoms in total. The first-order valence-electron chi connectivity index (χ1n) is 7.26. The molecule has 0 unspecified atom stereocenters. The zero-order valence-corrected chi connectivity index (χ0v) is 13.8. The second-order valence-electron chi connectivity index (χ2n) is 5.33. The van der Waals surface area contributed by atoms with Crippen LogP contribution in [-0.4, -0.2) is 49.6 Å². The maximum Gasteiger partial charge on any atom is 0.213 e. The van der Waals surface area contributed by atoms with Crippen LogP contribution in [0.5, 0.6) is 0 Å². The molecule has 2 aromatic rings. The lowest BCUT2D eigenvalue weighted by molar-refractivity contribution is 0.183. The Morgan fingerprint density at radius 2 is 1.86 bits per heavy atom. The van der Waals surface area contributed by atoms with Crippen molar-refractivity contribution in [3.8, 4) is 0 Å². The first-order chi connectivity index (χ1) is 10.1. The highest BCUT2D eigenvalue weighted by Crippen LogP contribution is 2.26. The van der Waals surface area contributed by atoms with E-state index in [0.717, 1.165) is 19.6 Å². The van der Waals surface area contributed by atoms with Crippen LogP contribution in [0.3, 0.4) is 0 Å². The lowest BCUT2D eigenvalue weighted by Crippen LogP contribution is -2.48. The van der Waals surface area contributed by atoms with Crippen molar-refractivity contribution in [1.82, 2.24) is 9.21 Å². The van der Waals surface area contributed by atoms with Crippen molar-refractivity contribution in [3.63, 3.8) is 0 Å². The summed E-state index contributed by atoms with van der Waals surface area (Å²) in [5.41, 5.74) is 0. The minimum Gasteiger partial charge on any atom is -0.296 e. The second kappa shape index (κ2) is 6.04. The van der Waals surface area contributed by atoms with Crippen LogP contribution in [0.4, 0.5) is 0 Å². The van der Waals surface area contributed by atoms with Crippen molar-refractivity contribution in [2.24, 2.45) is 0 Å². The molecule has 1 saturated heterocycles. The van der Waals surface area contributed by atoms with Gasteiger partial charge in [-0.05, 0) is 24.4 Å². The predicted molar refractivity (Wildman–Crippen MR) is 88.1 cm³/mol.